The van der Waals surface area contributed by atoms with Crippen molar-refractivity contribution in [3.8, 4) is 11.1 Å². The van der Waals surface area contributed by atoms with Gasteiger partial charge in [0, 0.05) is 55.3 Å². The second kappa shape index (κ2) is 7.13. The first-order valence-corrected chi connectivity index (χ1v) is 11.2. The number of pyridine rings is 1. The van der Waals surface area contributed by atoms with Gasteiger partial charge in [0.05, 0.1) is 6.04 Å². The number of nitrogens with one attached hydrogen (secondary N) is 2. The highest BCUT2D eigenvalue weighted by atomic mass is 16.1. The smallest absolute Gasteiger partial charge is 0.247 e. The predicted octanol–water partition coefficient (Wildman–Crippen LogP) is 3.69. The van der Waals surface area contributed by atoms with Crippen LogP contribution in [0.3, 0.4) is 0 Å². The fraction of sp³-hybridized carbons (Fsp3) is 0.417. The lowest BCUT2D eigenvalue weighted by molar-refractivity contribution is 0.281. The lowest BCUT2D eigenvalue weighted by Crippen LogP contribution is -2.29. The van der Waals surface area contributed by atoms with Crippen molar-refractivity contribution in [3.63, 3.8) is 0 Å². The number of H-pyrrole nitrogens is 1. The zero-order chi connectivity index (χ0) is 20.1. The summed E-state index contributed by atoms with van der Waals surface area (Å²) < 4.78 is 2.36. The van der Waals surface area contributed by atoms with Gasteiger partial charge < -0.3 is 15.2 Å². The molecule has 0 saturated heterocycles. The van der Waals surface area contributed by atoms with E-state index in [1.807, 2.05) is 6.07 Å². The number of nitrogens with zero attached hydrogens (tertiary/aromatic N) is 3. The van der Waals surface area contributed by atoms with Gasteiger partial charge in [-0.3, -0.25) is 9.48 Å². The van der Waals surface area contributed by atoms with E-state index < -0.39 is 0 Å². The minimum absolute atomic E-state index is 0.0664. The quantitative estimate of drug-likeness (QED) is 0.702. The van der Waals surface area contributed by atoms with E-state index in [4.69, 9.17) is 5.10 Å². The van der Waals surface area contributed by atoms with Crippen molar-refractivity contribution in [2.75, 3.05) is 18.0 Å². The molecule has 2 aliphatic heterocycles. The molecule has 6 heteroatoms. The van der Waals surface area contributed by atoms with Gasteiger partial charge in [0.1, 0.15) is 0 Å². The summed E-state index contributed by atoms with van der Waals surface area (Å²) in [6, 6.07) is 10.8. The maximum atomic E-state index is 11.4. The van der Waals surface area contributed by atoms with E-state index in [1.165, 1.54) is 41.8 Å². The van der Waals surface area contributed by atoms with Crippen molar-refractivity contribution in [2.24, 2.45) is 0 Å². The molecule has 0 unspecified atom stereocenters. The first-order valence-electron chi connectivity index (χ1n) is 11.2. The Hall–Kier alpha value is -2.86. The lowest BCUT2D eigenvalue weighted by Gasteiger charge is -2.31. The number of aryl methyl sites for hydroxylation is 1. The van der Waals surface area contributed by atoms with Crippen LogP contribution in [0, 0.1) is 0 Å². The summed E-state index contributed by atoms with van der Waals surface area (Å²) in [7, 11) is 0. The molecule has 4 heterocycles. The largest absolute Gasteiger partial charge is 0.328 e. The Kier molecular flexibility index (Phi) is 4.27. The molecule has 0 radical (unpaired) electrons. The monoisotopic (exact) mass is 401 g/mol. The number of hydrogen-bond acceptors (Lipinski definition) is 4. The summed E-state index contributed by atoms with van der Waals surface area (Å²) in [5, 5.41) is 8.75. The molecule has 1 aliphatic carbocycles. The van der Waals surface area contributed by atoms with Crippen LogP contribution in [0.2, 0.25) is 0 Å². The number of aromatic nitrogens is 3. The molecule has 6 nitrogen and oxygen atoms in total. The molecule has 6 rings (SSSR count). The van der Waals surface area contributed by atoms with Gasteiger partial charge in [-0.05, 0) is 67.0 Å². The first-order chi connectivity index (χ1) is 14.8. The van der Waals surface area contributed by atoms with E-state index in [0.29, 0.717) is 6.04 Å². The van der Waals surface area contributed by atoms with Gasteiger partial charge in [-0.1, -0.05) is 6.07 Å². The molecule has 3 aromatic rings. The summed E-state index contributed by atoms with van der Waals surface area (Å²) in [5.41, 5.74) is 7.61. The van der Waals surface area contributed by atoms with E-state index in [9.17, 15) is 4.79 Å². The minimum Gasteiger partial charge on any atom is -0.328 e. The number of hydrogen-bond donors (Lipinski definition) is 2. The van der Waals surface area contributed by atoms with Crippen molar-refractivity contribution >= 4 is 11.5 Å². The molecular formula is C24H27N5O. The van der Waals surface area contributed by atoms with Crippen molar-refractivity contribution in [2.45, 2.75) is 51.1 Å². The standard InChI is InChI=1S/C24H27N5O/c30-23-9-7-18(14-26-23)16-6-8-21-17(13-16)3-2-12-28(21)24-20-15-25-11-10-22(20)29(27-24)19-4-1-5-19/h6-9,13-14,19,25H,1-5,10-12,15H2,(H,26,30). The van der Waals surface area contributed by atoms with Gasteiger partial charge in [0.2, 0.25) is 5.56 Å². The van der Waals surface area contributed by atoms with Gasteiger partial charge in [0.25, 0.3) is 0 Å². The van der Waals surface area contributed by atoms with Crippen molar-refractivity contribution in [1.29, 1.82) is 0 Å². The molecule has 154 valence electrons. The zero-order valence-electron chi connectivity index (χ0n) is 17.2. The van der Waals surface area contributed by atoms with Crippen LogP contribution < -0.4 is 15.8 Å². The van der Waals surface area contributed by atoms with Crippen LogP contribution in [-0.4, -0.2) is 27.9 Å². The summed E-state index contributed by atoms with van der Waals surface area (Å²) in [6.45, 7) is 2.97. The topological polar surface area (TPSA) is 66.0 Å². The van der Waals surface area contributed by atoms with Gasteiger partial charge >= 0.3 is 0 Å². The minimum atomic E-state index is -0.0664. The molecule has 0 bridgehead atoms. The van der Waals surface area contributed by atoms with Gasteiger partial charge in [-0.2, -0.15) is 5.10 Å². The van der Waals surface area contributed by atoms with Crippen molar-refractivity contribution in [3.05, 3.63) is 63.7 Å². The molecule has 2 aromatic heterocycles. The highest BCUT2D eigenvalue weighted by molar-refractivity contribution is 5.74. The van der Waals surface area contributed by atoms with E-state index >= 15 is 0 Å². The zero-order valence-corrected chi connectivity index (χ0v) is 17.2. The molecule has 3 aliphatic rings. The maximum absolute atomic E-state index is 11.4. The highest BCUT2D eigenvalue weighted by Gasteiger charge is 2.31. The SMILES string of the molecule is O=c1ccc(-c2ccc3c(c2)CCCN3c2nn(C3CCC3)c3c2CNCC3)c[nH]1. The van der Waals surface area contributed by atoms with E-state index in [1.54, 1.807) is 12.3 Å². The normalized spacial score (nSPS) is 18.6. The summed E-state index contributed by atoms with van der Waals surface area (Å²) in [5.74, 6) is 1.15. The fourth-order valence-electron chi connectivity index (χ4n) is 5.09. The van der Waals surface area contributed by atoms with Gasteiger partial charge in [-0.15, -0.1) is 0 Å². The molecule has 0 atom stereocenters. The molecule has 1 aromatic carbocycles. The maximum Gasteiger partial charge on any atom is 0.247 e. The second-order valence-corrected chi connectivity index (χ2v) is 8.75. The van der Waals surface area contributed by atoms with Crippen LogP contribution in [0.5, 0.6) is 0 Å². The van der Waals surface area contributed by atoms with Gasteiger partial charge in [-0.25, -0.2) is 0 Å². The number of aromatic amines is 1. The average Bonchev–Trinajstić information content (AvgIpc) is 3.11. The van der Waals surface area contributed by atoms with E-state index in [2.05, 4.69) is 38.1 Å². The second-order valence-electron chi connectivity index (χ2n) is 8.75. The number of anilines is 2. The molecule has 0 spiro atoms. The Morgan fingerprint density at radius 1 is 1.03 bits per heavy atom. The molecular weight excluding hydrogens is 374 g/mol. The summed E-state index contributed by atoms with van der Waals surface area (Å²) in [6.07, 6.45) is 8.93. The number of fused-ring (bicyclic) bond motifs is 2. The molecule has 30 heavy (non-hydrogen) atoms. The number of rotatable bonds is 3. The van der Waals surface area contributed by atoms with Crippen LogP contribution in [-0.2, 0) is 19.4 Å². The van der Waals surface area contributed by atoms with Gasteiger partial charge in [0.15, 0.2) is 5.82 Å². The average molecular weight is 402 g/mol. The van der Waals surface area contributed by atoms with E-state index in [-0.39, 0.29) is 5.56 Å². The Labute approximate surface area is 175 Å². The third-order valence-corrected chi connectivity index (χ3v) is 6.93. The molecule has 1 saturated carbocycles. The molecule has 1 fully saturated rings. The highest BCUT2D eigenvalue weighted by Crippen LogP contribution is 2.41. The van der Waals surface area contributed by atoms with Crippen molar-refractivity contribution in [1.82, 2.24) is 20.1 Å². The summed E-state index contributed by atoms with van der Waals surface area (Å²) in [4.78, 5) is 16.6. The van der Waals surface area contributed by atoms with Crippen LogP contribution in [0.1, 0.15) is 48.5 Å². The summed E-state index contributed by atoms with van der Waals surface area (Å²) >= 11 is 0. The Morgan fingerprint density at radius 3 is 2.73 bits per heavy atom. The Balaban J connectivity index is 1.40. The van der Waals surface area contributed by atoms with Crippen LogP contribution in [0.25, 0.3) is 11.1 Å². The fourth-order valence-corrected chi connectivity index (χ4v) is 5.09. The van der Waals surface area contributed by atoms with Crippen LogP contribution in [0.15, 0.2) is 41.3 Å². The Bertz CT molecular complexity index is 1140. The van der Waals surface area contributed by atoms with Crippen LogP contribution in [0.4, 0.5) is 11.5 Å². The van der Waals surface area contributed by atoms with Crippen molar-refractivity contribution < 1.29 is 0 Å². The first kappa shape index (κ1) is 18.0. The predicted molar refractivity (Wildman–Crippen MR) is 118 cm³/mol. The third-order valence-electron chi connectivity index (χ3n) is 6.93. The van der Waals surface area contributed by atoms with E-state index in [0.717, 1.165) is 55.8 Å². The van der Waals surface area contributed by atoms with Crippen LogP contribution >= 0.6 is 0 Å². The third kappa shape index (κ3) is 2.89. The number of benzene rings is 1. The molecule has 2 N–H and O–H groups in total. The molecule has 0 amide bonds. The lowest BCUT2D eigenvalue weighted by atomic mass is 9.92. The Morgan fingerprint density at radius 2 is 1.93 bits per heavy atom.